The Kier molecular flexibility index (Phi) is 6.64. The summed E-state index contributed by atoms with van der Waals surface area (Å²) in [5, 5.41) is 0. The molecule has 0 aromatic heterocycles. The first-order chi connectivity index (χ1) is 9.74. The summed E-state index contributed by atoms with van der Waals surface area (Å²) in [5.74, 6) is 0.0832. The van der Waals surface area contributed by atoms with Gasteiger partial charge in [0, 0.05) is 11.4 Å². The van der Waals surface area contributed by atoms with E-state index in [-0.39, 0.29) is 11.8 Å². The minimum Gasteiger partial charge on any atom is -0.598 e. The van der Waals surface area contributed by atoms with Gasteiger partial charge in [0.2, 0.25) is 0 Å². The zero-order valence-electron chi connectivity index (χ0n) is 12.4. The van der Waals surface area contributed by atoms with Crippen molar-refractivity contribution in [3.8, 4) is 5.75 Å². The minimum atomic E-state index is -2.87. The Morgan fingerprint density at radius 2 is 2.10 bits per heavy atom. The fourth-order valence-corrected chi connectivity index (χ4v) is 2.48. The maximum atomic E-state index is 12.3. The van der Waals surface area contributed by atoms with Crippen molar-refractivity contribution < 1.29 is 18.1 Å². The van der Waals surface area contributed by atoms with E-state index >= 15 is 0 Å². The Labute approximate surface area is 127 Å². The average molecular weight is 317 g/mol. The van der Waals surface area contributed by atoms with Gasteiger partial charge in [0.1, 0.15) is 10.5 Å². The molecule has 2 atom stereocenters. The summed E-state index contributed by atoms with van der Waals surface area (Å²) in [7, 11) is 0. The quantitative estimate of drug-likeness (QED) is 0.611. The third kappa shape index (κ3) is 6.03. The van der Waals surface area contributed by atoms with Crippen LogP contribution in [0.25, 0.3) is 0 Å². The van der Waals surface area contributed by atoms with Gasteiger partial charge < -0.3 is 9.29 Å². The van der Waals surface area contributed by atoms with Crippen LogP contribution in [0.3, 0.4) is 0 Å². The molecule has 0 saturated carbocycles. The second-order valence-corrected chi connectivity index (χ2v) is 7.52. The van der Waals surface area contributed by atoms with Gasteiger partial charge in [0.25, 0.3) is 0 Å². The predicted molar refractivity (Wildman–Crippen MR) is 81.7 cm³/mol. The number of hydrogen-bond donors (Lipinski definition) is 1. The highest BCUT2D eigenvalue weighted by atomic mass is 32.2. The van der Waals surface area contributed by atoms with E-state index < -0.39 is 22.7 Å². The Balaban J connectivity index is 2.92. The largest absolute Gasteiger partial charge is 0.598 e. The molecule has 0 amide bonds. The molecule has 0 fully saturated rings. The molecule has 1 rings (SSSR count). The summed E-state index contributed by atoms with van der Waals surface area (Å²) in [6.45, 7) is 6.39. The van der Waals surface area contributed by atoms with Gasteiger partial charge in [0.05, 0.1) is 6.04 Å². The molecule has 0 spiro atoms. The van der Waals surface area contributed by atoms with E-state index in [1.54, 1.807) is 18.2 Å². The van der Waals surface area contributed by atoms with Crippen molar-refractivity contribution in [3.63, 3.8) is 0 Å². The molecule has 0 bridgehead atoms. The topological polar surface area (TPSA) is 44.3 Å². The van der Waals surface area contributed by atoms with Crippen molar-refractivity contribution >= 4 is 11.4 Å². The zero-order chi connectivity index (χ0) is 16.0. The fourth-order valence-electron chi connectivity index (χ4n) is 1.63. The highest BCUT2D eigenvalue weighted by Gasteiger charge is 2.29. The highest BCUT2D eigenvalue weighted by Crippen LogP contribution is 2.26. The molecule has 1 aromatic rings. The third-order valence-corrected chi connectivity index (χ3v) is 4.30. The van der Waals surface area contributed by atoms with Crippen LogP contribution < -0.4 is 9.46 Å². The molecule has 6 heteroatoms. The summed E-state index contributed by atoms with van der Waals surface area (Å²) >= 11 is -1.27. The van der Waals surface area contributed by atoms with Gasteiger partial charge in [-0.25, -0.2) is 0 Å². The fraction of sp³-hybridized carbons (Fsp3) is 0.467. The van der Waals surface area contributed by atoms with E-state index in [1.807, 2.05) is 20.8 Å². The second kappa shape index (κ2) is 7.77. The number of halogens is 2. The summed E-state index contributed by atoms with van der Waals surface area (Å²) < 4.78 is 43.7. The Bertz CT molecular complexity index is 463. The Hall–Kier alpha value is -1.11. The molecule has 0 aliphatic heterocycles. The molecule has 0 aliphatic carbocycles. The van der Waals surface area contributed by atoms with Crippen LogP contribution in [0.5, 0.6) is 5.75 Å². The van der Waals surface area contributed by atoms with Gasteiger partial charge in [0.15, 0.2) is 0 Å². The van der Waals surface area contributed by atoms with Crippen LogP contribution in [-0.2, 0) is 11.4 Å². The number of benzene rings is 1. The maximum Gasteiger partial charge on any atom is 0.387 e. The molecule has 1 aromatic carbocycles. The lowest BCUT2D eigenvalue weighted by molar-refractivity contribution is -0.0499. The molecule has 0 saturated heterocycles. The van der Waals surface area contributed by atoms with E-state index in [0.29, 0.717) is 6.42 Å². The first-order valence-electron chi connectivity index (χ1n) is 6.57. The molecular weight excluding hydrogens is 296 g/mol. The van der Waals surface area contributed by atoms with Crippen molar-refractivity contribution in [2.45, 2.75) is 44.6 Å². The van der Waals surface area contributed by atoms with Crippen molar-refractivity contribution in [3.05, 3.63) is 42.5 Å². The lowest BCUT2D eigenvalue weighted by atomic mass is 10.0. The minimum absolute atomic E-state index is 0.0832. The Morgan fingerprint density at radius 1 is 1.43 bits per heavy atom. The van der Waals surface area contributed by atoms with Crippen LogP contribution >= 0.6 is 0 Å². The van der Waals surface area contributed by atoms with Crippen LogP contribution in [0.1, 0.15) is 38.8 Å². The summed E-state index contributed by atoms with van der Waals surface area (Å²) in [4.78, 5) is 0. The van der Waals surface area contributed by atoms with E-state index in [2.05, 4.69) is 16.0 Å². The van der Waals surface area contributed by atoms with Crippen molar-refractivity contribution in [1.29, 1.82) is 0 Å². The zero-order valence-corrected chi connectivity index (χ0v) is 13.3. The SMILES string of the molecule is C=CCC(N[S@@+]([O-])C(C)(C)C)c1cccc(OC(F)F)c1. The van der Waals surface area contributed by atoms with Crippen molar-refractivity contribution in [1.82, 2.24) is 4.72 Å². The van der Waals surface area contributed by atoms with Gasteiger partial charge in [-0.1, -0.05) is 18.2 Å². The number of rotatable bonds is 7. The average Bonchev–Trinajstić information content (AvgIpc) is 2.36. The molecule has 0 heterocycles. The normalized spacial score (nSPS) is 14.8. The van der Waals surface area contributed by atoms with E-state index in [1.165, 1.54) is 12.1 Å². The van der Waals surface area contributed by atoms with Crippen LogP contribution in [0, 0.1) is 0 Å². The smallest absolute Gasteiger partial charge is 0.387 e. The number of alkyl halides is 2. The van der Waals surface area contributed by atoms with Crippen LogP contribution in [0.4, 0.5) is 8.78 Å². The summed E-state index contributed by atoms with van der Waals surface area (Å²) in [6, 6.07) is 6.11. The van der Waals surface area contributed by atoms with E-state index in [0.717, 1.165) is 5.56 Å². The first kappa shape index (κ1) is 17.9. The second-order valence-electron chi connectivity index (χ2n) is 5.53. The molecule has 0 radical (unpaired) electrons. The molecule has 1 N–H and O–H groups in total. The summed E-state index contributed by atoms with van der Waals surface area (Å²) in [5.41, 5.74) is 0.727. The summed E-state index contributed by atoms with van der Waals surface area (Å²) in [6.07, 6.45) is 2.22. The lowest BCUT2D eigenvalue weighted by Gasteiger charge is -2.27. The maximum absolute atomic E-state index is 12.3. The standard InChI is InChI=1S/C15H21F2NO2S/c1-5-7-13(18-21(19)15(2,3)4)11-8-6-9-12(10-11)20-14(16)17/h5-6,8-10,13-14,18H,1,7H2,2-4H3/t13?,21-/m0/s1. The van der Waals surface area contributed by atoms with Crippen LogP contribution in [0.2, 0.25) is 0 Å². The van der Waals surface area contributed by atoms with Gasteiger partial charge in [-0.3, -0.25) is 0 Å². The lowest BCUT2D eigenvalue weighted by Crippen LogP contribution is -2.41. The molecule has 1 unspecified atom stereocenters. The van der Waals surface area contributed by atoms with Crippen molar-refractivity contribution in [2.24, 2.45) is 0 Å². The first-order valence-corrected chi connectivity index (χ1v) is 7.72. The third-order valence-electron chi connectivity index (χ3n) is 2.69. The number of nitrogens with one attached hydrogen (secondary N) is 1. The highest BCUT2D eigenvalue weighted by molar-refractivity contribution is 7.90. The van der Waals surface area contributed by atoms with Gasteiger partial charge in [-0.05, 0) is 44.9 Å². The van der Waals surface area contributed by atoms with Gasteiger partial charge >= 0.3 is 6.61 Å². The van der Waals surface area contributed by atoms with Gasteiger partial charge in [-0.15, -0.1) is 11.3 Å². The van der Waals surface area contributed by atoms with Crippen LogP contribution in [-0.4, -0.2) is 15.9 Å². The molecule has 3 nitrogen and oxygen atoms in total. The number of hydrogen-bond acceptors (Lipinski definition) is 3. The molecule has 118 valence electrons. The molecular formula is C15H21F2NO2S. The Morgan fingerprint density at radius 3 is 2.62 bits per heavy atom. The van der Waals surface area contributed by atoms with Crippen LogP contribution in [0.15, 0.2) is 36.9 Å². The predicted octanol–water partition coefficient (Wildman–Crippen LogP) is 3.96. The monoisotopic (exact) mass is 317 g/mol. The van der Waals surface area contributed by atoms with E-state index in [9.17, 15) is 13.3 Å². The molecule has 21 heavy (non-hydrogen) atoms. The van der Waals surface area contributed by atoms with Gasteiger partial charge in [-0.2, -0.15) is 8.78 Å². The number of ether oxygens (including phenoxy) is 1. The van der Waals surface area contributed by atoms with E-state index in [4.69, 9.17) is 0 Å². The molecule has 0 aliphatic rings. The van der Waals surface area contributed by atoms with Crippen molar-refractivity contribution in [2.75, 3.05) is 0 Å².